The number of amides is 4. The summed E-state index contributed by atoms with van der Waals surface area (Å²) in [6.07, 6.45) is 20.3. The first-order chi connectivity index (χ1) is 25.2. The average Bonchev–Trinajstić information content (AvgIpc) is 3.14. The van der Waals surface area contributed by atoms with Crippen LogP contribution >= 0.6 is 0 Å². The molecule has 10 nitrogen and oxygen atoms in total. The SMILES string of the molecule is CCCCCCCCc1cccc(C(=O)NNC(=O)CCCC(CCCCCC)C(=O)NNC(=O)c2cccc(CCCCCCCC)c2O)c1O. The van der Waals surface area contributed by atoms with Crippen LogP contribution in [0.3, 0.4) is 0 Å². The van der Waals surface area contributed by atoms with E-state index in [2.05, 4.69) is 42.5 Å². The smallest absolute Gasteiger partial charge is 0.273 e. The Kier molecular flexibility index (Phi) is 22.6. The lowest BCUT2D eigenvalue weighted by molar-refractivity contribution is -0.127. The minimum absolute atomic E-state index is 0.0619. The summed E-state index contributed by atoms with van der Waals surface area (Å²) in [6.45, 7) is 6.48. The molecular formula is C42H66N4O6. The number of nitrogens with one attached hydrogen (secondary N) is 4. The number of hydrazine groups is 2. The third kappa shape index (κ3) is 17.0. The molecule has 4 amide bonds. The van der Waals surface area contributed by atoms with Crippen molar-refractivity contribution in [3.05, 3.63) is 58.7 Å². The molecule has 0 spiro atoms. The van der Waals surface area contributed by atoms with Gasteiger partial charge in [-0.3, -0.25) is 40.9 Å². The molecule has 0 saturated heterocycles. The van der Waals surface area contributed by atoms with Gasteiger partial charge in [0.2, 0.25) is 11.8 Å². The maximum absolute atomic E-state index is 13.2. The van der Waals surface area contributed by atoms with Gasteiger partial charge >= 0.3 is 0 Å². The van der Waals surface area contributed by atoms with E-state index >= 15 is 0 Å². The van der Waals surface area contributed by atoms with Crippen molar-refractivity contribution in [2.45, 2.75) is 162 Å². The molecule has 0 aromatic heterocycles. The molecule has 0 heterocycles. The highest BCUT2D eigenvalue weighted by Gasteiger charge is 2.21. The third-order valence-corrected chi connectivity index (χ3v) is 9.68. The summed E-state index contributed by atoms with van der Waals surface area (Å²) in [5, 5.41) is 21.5. The monoisotopic (exact) mass is 722 g/mol. The quantitative estimate of drug-likeness (QED) is 0.0421. The summed E-state index contributed by atoms with van der Waals surface area (Å²) < 4.78 is 0. The van der Waals surface area contributed by atoms with Gasteiger partial charge in [-0.2, -0.15) is 0 Å². The molecule has 0 aliphatic rings. The number of phenols is 2. The van der Waals surface area contributed by atoms with Crippen LogP contribution in [-0.4, -0.2) is 33.8 Å². The lowest BCUT2D eigenvalue weighted by Crippen LogP contribution is -2.44. The Morgan fingerprint density at radius 1 is 0.519 bits per heavy atom. The van der Waals surface area contributed by atoms with Crippen molar-refractivity contribution in [2.75, 3.05) is 0 Å². The van der Waals surface area contributed by atoms with Crippen LogP contribution in [0.15, 0.2) is 36.4 Å². The Labute approximate surface area is 312 Å². The van der Waals surface area contributed by atoms with E-state index in [0.717, 1.165) is 64.2 Å². The summed E-state index contributed by atoms with van der Waals surface area (Å²) in [5.41, 5.74) is 11.5. The van der Waals surface area contributed by atoms with E-state index in [-0.39, 0.29) is 35.0 Å². The molecule has 2 aromatic carbocycles. The van der Waals surface area contributed by atoms with Crippen LogP contribution in [0.2, 0.25) is 0 Å². The topological polar surface area (TPSA) is 157 Å². The molecule has 2 rings (SSSR count). The van der Waals surface area contributed by atoms with E-state index in [1.165, 1.54) is 50.7 Å². The molecule has 1 atom stereocenters. The van der Waals surface area contributed by atoms with Crippen LogP contribution in [0, 0.1) is 5.92 Å². The Morgan fingerprint density at radius 3 is 1.44 bits per heavy atom. The van der Waals surface area contributed by atoms with E-state index in [4.69, 9.17) is 0 Å². The van der Waals surface area contributed by atoms with Gasteiger partial charge in [0.1, 0.15) is 11.5 Å². The fourth-order valence-electron chi connectivity index (χ4n) is 6.42. The van der Waals surface area contributed by atoms with Crippen LogP contribution in [0.5, 0.6) is 11.5 Å². The molecule has 0 aliphatic carbocycles. The van der Waals surface area contributed by atoms with E-state index < -0.39 is 23.6 Å². The summed E-state index contributed by atoms with van der Waals surface area (Å²) in [7, 11) is 0. The van der Waals surface area contributed by atoms with Gasteiger partial charge in [-0.15, -0.1) is 0 Å². The van der Waals surface area contributed by atoms with E-state index in [9.17, 15) is 29.4 Å². The normalized spacial score (nSPS) is 11.5. The lowest BCUT2D eigenvalue weighted by atomic mass is 9.94. The molecule has 52 heavy (non-hydrogen) atoms. The number of aromatic hydroxyl groups is 2. The van der Waals surface area contributed by atoms with Crippen molar-refractivity contribution in [1.82, 2.24) is 21.7 Å². The zero-order valence-electron chi connectivity index (χ0n) is 32.1. The highest BCUT2D eigenvalue weighted by Crippen LogP contribution is 2.26. The number of benzene rings is 2. The first kappa shape index (κ1) is 44.1. The van der Waals surface area contributed by atoms with E-state index in [1.807, 2.05) is 12.1 Å². The summed E-state index contributed by atoms with van der Waals surface area (Å²) in [5.74, 6) is -2.51. The molecule has 0 radical (unpaired) electrons. The Morgan fingerprint density at radius 2 is 0.942 bits per heavy atom. The number of hydrogen-bond donors (Lipinski definition) is 6. The molecule has 10 heteroatoms. The molecule has 6 N–H and O–H groups in total. The zero-order chi connectivity index (χ0) is 38.0. The van der Waals surface area contributed by atoms with Crippen LogP contribution < -0.4 is 21.7 Å². The highest BCUT2D eigenvalue weighted by molar-refractivity contribution is 5.99. The molecule has 290 valence electrons. The summed E-state index contributed by atoms with van der Waals surface area (Å²) >= 11 is 0. The first-order valence-electron chi connectivity index (χ1n) is 20.0. The molecule has 0 bridgehead atoms. The lowest BCUT2D eigenvalue weighted by Gasteiger charge is -2.18. The maximum Gasteiger partial charge on any atom is 0.273 e. The standard InChI is InChI=1S/C42H66N4O6/c1-4-7-10-13-15-18-23-32-26-20-29-35(38(32)48)41(51)45-43-37(47)31-22-28-34(25-17-12-9-6-3)40(50)44-46-42(52)36-30-21-27-33(39(36)49)24-19-16-14-11-8-5-2/h20-21,26-27,29-30,34,48-49H,4-19,22-25,28,31H2,1-3H3,(H,43,47)(H,44,50)(H,45,51)(H,46,52). The van der Waals surface area contributed by atoms with Gasteiger partial charge < -0.3 is 10.2 Å². The number of phenolic OH excluding ortho intramolecular Hbond substituents is 2. The average molecular weight is 723 g/mol. The van der Waals surface area contributed by atoms with Gasteiger partial charge in [0, 0.05) is 12.3 Å². The van der Waals surface area contributed by atoms with Gasteiger partial charge in [-0.05, 0) is 68.2 Å². The second-order valence-electron chi connectivity index (χ2n) is 14.0. The number of carbonyl (C=O) groups is 4. The Bertz CT molecular complexity index is 1360. The van der Waals surface area contributed by atoms with Crippen molar-refractivity contribution in [3.63, 3.8) is 0 Å². The molecule has 1 unspecified atom stereocenters. The van der Waals surface area contributed by atoms with Crippen molar-refractivity contribution in [3.8, 4) is 11.5 Å². The number of rotatable bonds is 26. The maximum atomic E-state index is 13.2. The van der Waals surface area contributed by atoms with Crippen molar-refractivity contribution >= 4 is 23.6 Å². The van der Waals surface area contributed by atoms with Gasteiger partial charge in [0.05, 0.1) is 11.1 Å². The van der Waals surface area contributed by atoms with Crippen LogP contribution in [0.25, 0.3) is 0 Å². The Balaban J connectivity index is 1.85. The van der Waals surface area contributed by atoms with E-state index in [0.29, 0.717) is 43.2 Å². The molecule has 0 aliphatic heterocycles. The van der Waals surface area contributed by atoms with Gasteiger partial charge in [0.25, 0.3) is 11.8 Å². The zero-order valence-corrected chi connectivity index (χ0v) is 32.1. The predicted molar refractivity (Wildman–Crippen MR) is 208 cm³/mol. The molecular weight excluding hydrogens is 656 g/mol. The van der Waals surface area contributed by atoms with Crippen molar-refractivity contribution in [1.29, 1.82) is 0 Å². The molecule has 2 aromatic rings. The van der Waals surface area contributed by atoms with Crippen LogP contribution in [-0.2, 0) is 22.4 Å². The van der Waals surface area contributed by atoms with Crippen LogP contribution in [0.4, 0.5) is 0 Å². The highest BCUT2D eigenvalue weighted by atomic mass is 16.3. The minimum Gasteiger partial charge on any atom is -0.507 e. The summed E-state index contributed by atoms with van der Waals surface area (Å²) in [6, 6.07) is 10.2. The van der Waals surface area contributed by atoms with Crippen molar-refractivity contribution in [2.24, 2.45) is 5.92 Å². The summed E-state index contributed by atoms with van der Waals surface area (Å²) in [4.78, 5) is 51.6. The number of hydrogen-bond acceptors (Lipinski definition) is 6. The predicted octanol–water partition coefficient (Wildman–Crippen LogP) is 8.88. The van der Waals surface area contributed by atoms with Crippen molar-refractivity contribution < 1.29 is 29.4 Å². The first-order valence-corrected chi connectivity index (χ1v) is 20.0. The van der Waals surface area contributed by atoms with Gasteiger partial charge in [0.15, 0.2) is 0 Å². The van der Waals surface area contributed by atoms with Crippen LogP contribution in [0.1, 0.15) is 181 Å². The fourth-order valence-corrected chi connectivity index (χ4v) is 6.42. The van der Waals surface area contributed by atoms with E-state index in [1.54, 1.807) is 12.1 Å². The minimum atomic E-state index is -0.599. The number of para-hydroxylation sites is 2. The number of aryl methyl sites for hydroxylation is 2. The number of unbranched alkanes of at least 4 members (excludes halogenated alkanes) is 13. The second-order valence-corrected chi connectivity index (χ2v) is 14.0. The third-order valence-electron chi connectivity index (χ3n) is 9.68. The Hall–Kier alpha value is -4.08. The molecule has 0 fully saturated rings. The fraction of sp³-hybridized carbons (Fsp3) is 0.619. The largest absolute Gasteiger partial charge is 0.507 e. The number of carbonyl (C=O) groups excluding carboxylic acids is 4. The van der Waals surface area contributed by atoms with Gasteiger partial charge in [-0.1, -0.05) is 135 Å². The second kappa shape index (κ2) is 26.7. The van der Waals surface area contributed by atoms with Gasteiger partial charge in [-0.25, -0.2) is 0 Å². The molecule has 0 saturated carbocycles.